The third kappa shape index (κ3) is 2.32. The molecule has 6 atom stereocenters. The van der Waals surface area contributed by atoms with Crippen LogP contribution in [0.25, 0.3) is 0 Å². The molecule has 0 aromatic carbocycles. The van der Waals surface area contributed by atoms with Crippen molar-refractivity contribution in [3.8, 4) is 0 Å². The summed E-state index contributed by atoms with van der Waals surface area (Å²) in [7, 11) is 0. The van der Waals surface area contributed by atoms with Crippen LogP contribution in [0.1, 0.15) is 40.5 Å². The molecule has 0 saturated heterocycles. The maximum Gasteiger partial charge on any atom is 0.256 e. The van der Waals surface area contributed by atoms with Crippen LogP contribution in [0.4, 0.5) is 17.6 Å². The number of hydrogen-bond acceptors (Lipinski definition) is 0. The summed E-state index contributed by atoms with van der Waals surface area (Å²) in [4.78, 5) is 0. The van der Waals surface area contributed by atoms with Gasteiger partial charge in [0.05, 0.1) is 5.92 Å². The van der Waals surface area contributed by atoms with Crippen LogP contribution in [-0.2, 0) is 0 Å². The molecule has 17 heavy (non-hydrogen) atoms. The topological polar surface area (TPSA) is 0 Å². The van der Waals surface area contributed by atoms with Crippen LogP contribution in [0, 0.1) is 23.7 Å². The van der Waals surface area contributed by atoms with E-state index in [0.717, 1.165) is 0 Å². The highest BCUT2D eigenvalue weighted by Crippen LogP contribution is 2.56. The fourth-order valence-electron chi connectivity index (χ4n) is 3.24. The Balaban J connectivity index is 0.000000686. The molecule has 102 valence electrons. The van der Waals surface area contributed by atoms with E-state index in [0.29, 0.717) is 12.8 Å². The molecule has 2 aliphatic carbocycles. The van der Waals surface area contributed by atoms with E-state index < -0.39 is 36.0 Å². The molecule has 0 aromatic rings. The normalized spacial score (nSPS) is 48.0. The first-order chi connectivity index (χ1) is 7.85. The van der Waals surface area contributed by atoms with Gasteiger partial charge in [0.2, 0.25) is 0 Å². The second-order valence-corrected chi connectivity index (χ2v) is 5.20. The van der Waals surface area contributed by atoms with Crippen LogP contribution in [-0.4, -0.2) is 18.3 Å². The predicted octanol–water partition coefficient (Wildman–Crippen LogP) is 4.64. The molecule has 0 nitrogen and oxygen atoms in total. The van der Waals surface area contributed by atoms with E-state index >= 15 is 0 Å². The summed E-state index contributed by atoms with van der Waals surface area (Å²) in [6.07, 6.45) is -2.98. The summed E-state index contributed by atoms with van der Waals surface area (Å²) in [5.74, 6) is -6.01. The molecule has 2 saturated carbocycles. The quantitative estimate of drug-likeness (QED) is 0.553. The maximum absolute atomic E-state index is 13.6. The Morgan fingerprint density at radius 3 is 2.00 bits per heavy atom. The first-order valence-corrected chi connectivity index (χ1v) is 6.51. The summed E-state index contributed by atoms with van der Waals surface area (Å²) >= 11 is 0. The lowest BCUT2D eigenvalue weighted by Crippen LogP contribution is -2.47. The number of fused-ring (bicyclic) bond motifs is 1. The Morgan fingerprint density at radius 1 is 0.941 bits per heavy atom. The Labute approximate surface area is 101 Å². The third-order valence-electron chi connectivity index (χ3n) is 4.13. The molecule has 2 rings (SSSR count). The highest BCUT2D eigenvalue weighted by Gasteiger charge is 2.62. The average Bonchev–Trinajstić information content (AvgIpc) is 2.49. The third-order valence-corrected chi connectivity index (χ3v) is 4.13. The van der Waals surface area contributed by atoms with Gasteiger partial charge < -0.3 is 0 Å². The van der Waals surface area contributed by atoms with Gasteiger partial charge in [-0.3, -0.25) is 0 Å². The van der Waals surface area contributed by atoms with Crippen molar-refractivity contribution in [1.82, 2.24) is 0 Å². The maximum atomic E-state index is 13.6. The van der Waals surface area contributed by atoms with Crippen LogP contribution < -0.4 is 0 Å². The largest absolute Gasteiger partial charge is 0.256 e. The average molecular weight is 254 g/mol. The molecule has 2 fully saturated rings. The fraction of sp³-hybridized carbons (Fsp3) is 1.00. The van der Waals surface area contributed by atoms with Crippen LogP contribution in [0.5, 0.6) is 0 Å². The van der Waals surface area contributed by atoms with Gasteiger partial charge in [0.15, 0.2) is 0 Å². The highest BCUT2D eigenvalue weighted by atomic mass is 19.3. The zero-order valence-corrected chi connectivity index (χ0v) is 10.9. The van der Waals surface area contributed by atoms with Crippen LogP contribution in [0.3, 0.4) is 0 Å². The molecule has 4 heteroatoms. The van der Waals surface area contributed by atoms with Crippen molar-refractivity contribution < 1.29 is 17.6 Å². The zero-order valence-electron chi connectivity index (χ0n) is 10.9. The van der Waals surface area contributed by atoms with Crippen molar-refractivity contribution >= 4 is 0 Å². The molecule has 0 aromatic heterocycles. The molecule has 2 aliphatic rings. The summed E-state index contributed by atoms with van der Waals surface area (Å²) in [5, 5.41) is 0. The first-order valence-electron chi connectivity index (χ1n) is 6.51. The molecule has 0 amide bonds. The van der Waals surface area contributed by atoms with Gasteiger partial charge in [0, 0.05) is 5.92 Å². The van der Waals surface area contributed by atoms with Gasteiger partial charge in [-0.2, -0.15) is 0 Å². The lowest BCUT2D eigenvalue weighted by atomic mass is 9.73. The van der Waals surface area contributed by atoms with Gasteiger partial charge in [-0.05, 0) is 24.7 Å². The molecule has 0 aliphatic heterocycles. The van der Waals surface area contributed by atoms with Crippen LogP contribution in [0.2, 0.25) is 0 Å². The van der Waals surface area contributed by atoms with E-state index in [1.807, 2.05) is 13.8 Å². The lowest BCUT2D eigenvalue weighted by molar-refractivity contribution is -0.131. The van der Waals surface area contributed by atoms with E-state index in [2.05, 4.69) is 0 Å². The molecule has 0 bridgehead atoms. The minimum atomic E-state index is -3.03. The van der Waals surface area contributed by atoms with Crippen molar-refractivity contribution in [3.63, 3.8) is 0 Å². The van der Waals surface area contributed by atoms with E-state index in [-0.39, 0.29) is 5.92 Å². The Kier molecular flexibility index (Phi) is 4.48. The molecular weight excluding hydrogens is 232 g/mol. The Morgan fingerprint density at radius 2 is 1.47 bits per heavy atom. The molecule has 0 spiro atoms. The van der Waals surface area contributed by atoms with Crippen molar-refractivity contribution in [1.29, 1.82) is 0 Å². The fourth-order valence-corrected chi connectivity index (χ4v) is 3.24. The van der Waals surface area contributed by atoms with Gasteiger partial charge in [0.25, 0.3) is 5.92 Å². The second kappa shape index (κ2) is 5.15. The molecule has 0 heterocycles. The smallest absolute Gasteiger partial charge is 0.244 e. The minimum absolute atomic E-state index is 0.329. The lowest BCUT2D eigenvalue weighted by Gasteiger charge is -2.37. The van der Waals surface area contributed by atoms with Gasteiger partial charge in [-0.25, -0.2) is 17.6 Å². The number of rotatable bonds is 0. The van der Waals surface area contributed by atoms with Crippen LogP contribution in [0.15, 0.2) is 0 Å². The predicted molar refractivity (Wildman–Crippen MR) is 60.6 cm³/mol. The van der Waals surface area contributed by atoms with Gasteiger partial charge in [-0.15, -0.1) is 0 Å². The zero-order chi connectivity index (χ0) is 13.4. The van der Waals surface area contributed by atoms with Crippen molar-refractivity contribution in [2.75, 3.05) is 0 Å². The van der Waals surface area contributed by atoms with Gasteiger partial charge >= 0.3 is 0 Å². The van der Waals surface area contributed by atoms with Crippen molar-refractivity contribution in [3.05, 3.63) is 0 Å². The Bertz CT molecular complexity index is 252. The summed E-state index contributed by atoms with van der Waals surface area (Å²) < 4.78 is 54.2. The van der Waals surface area contributed by atoms with E-state index in [9.17, 15) is 17.6 Å². The highest BCUT2D eigenvalue weighted by molar-refractivity contribution is 5.04. The molecule has 0 N–H and O–H groups in total. The van der Waals surface area contributed by atoms with Crippen molar-refractivity contribution in [2.24, 2.45) is 23.7 Å². The second-order valence-electron chi connectivity index (χ2n) is 5.20. The molecule has 0 radical (unpaired) electrons. The van der Waals surface area contributed by atoms with Gasteiger partial charge in [-0.1, -0.05) is 27.7 Å². The van der Waals surface area contributed by atoms with Crippen molar-refractivity contribution in [2.45, 2.75) is 58.8 Å². The number of alkyl halides is 4. The van der Waals surface area contributed by atoms with E-state index in [1.54, 1.807) is 6.92 Å². The van der Waals surface area contributed by atoms with E-state index in [1.165, 1.54) is 6.92 Å². The minimum Gasteiger partial charge on any atom is -0.244 e. The van der Waals surface area contributed by atoms with E-state index in [4.69, 9.17) is 0 Å². The molecule has 6 unspecified atom stereocenters. The van der Waals surface area contributed by atoms with Gasteiger partial charge in [0.1, 0.15) is 12.3 Å². The number of hydrogen-bond donors (Lipinski definition) is 0. The Hall–Kier alpha value is -0.280. The first kappa shape index (κ1) is 14.8. The number of halogens is 4. The summed E-state index contributed by atoms with van der Waals surface area (Å²) in [6, 6.07) is 0. The molecular formula is C13H22F4. The van der Waals surface area contributed by atoms with Crippen LogP contribution >= 0.6 is 0 Å². The summed E-state index contributed by atoms with van der Waals surface area (Å²) in [6.45, 7) is 7.04. The monoisotopic (exact) mass is 254 g/mol. The summed E-state index contributed by atoms with van der Waals surface area (Å²) in [5.41, 5.74) is 0. The SMILES string of the molecule is CC.CC1CC2CC(C)C(F)(F)C2C(F)C1F. The standard InChI is InChI=1S/C11H16F4.C2H6/c1-5-3-7-4-6(2)11(14,15)8(7)10(13)9(5)12;1-2/h5-10H,3-4H2,1-2H3;1-2H3.